The molecule has 0 aromatic heterocycles. The Morgan fingerprint density at radius 1 is 1.10 bits per heavy atom. The fourth-order valence-electron chi connectivity index (χ4n) is 1.51. The maximum Gasteiger partial charge on any atom is 0.264 e. The van der Waals surface area contributed by atoms with Crippen molar-refractivity contribution in [1.29, 1.82) is 0 Å². The topological polar surface area (TPSA) is 72.2 Å². The summed E-state index contributed by atoms with van der Waals surface area (Å²) in [5.41, 5.74) is 5.66. The van der Waals surface area contributed by atoms with Crippen LogP contribution in [-0.2, 0) is 10.0 Å². The molecule has 8 heteroatoms. The lowest BCUT2D eigenvalue weighted by Crippen LogP contribution is -2.15. The van der Waals surface area contributed by atoms with Crippen LogP contribution in [0.5, 0.6) is 0 Å². The molecule has 0 bridgehead atoms. The third-order valence-electron chi connectivity index (χ3n) is 2.42. The summed E-state index contributed by atoms with van der Waals surface area (Å²) in [5.74, 6) is -1.44. The predicted molar refractivity (Wildman–Crippen MR) is 80.7 cm³/mol. The highest BCUT2D eigenvalue weighted by molar-refractivity contribution is 14.1. The van der Waals surface area contributed by atoms with Crippen molar-refractivity contribution in [2.45, 2.75) is 4.90 Å². The summed E-state index contributed by atoms with van der Waals surface area (Å²) in [6.45, 7) is 0. The van der Waals surface area contributed by atoms with E-state index in [1.54, 1.807) is 22.6 Å². The van der Waals surface area contributed by atoms with Crippen LogP contribution in [0.15, 0.2) is 41.3 Å². The molecule has 3 N–H and O–H groups in total. The molecule has 0 spiro atoms. The summed E-state index contributed by atoms with van der Waals surface area (Å²) in [4.78, 5) is -0.521. The van der Waals surface area contributed by atoms with Crippen LogP contribution in [0.1, 0.15) is 0 Å². The number of hydrogen-bond acceptors (Lipinski definition) is 3. The van der Waals surface area contributed by atoms with Crippen LogP contribution >= 0.6 is 22.6 Å². The van der Waals surface area contributed by atoms with Gasteiger partial charge in [0, 0.05) is 9.26 Å². The zero-order valence-electron chi connectivity index (χ0n) is 9.90. The maximum atomic E-state index is 13.7. The van der Waals surface area contributed by atoms with Crippen molar-refractivity contribution in [3.63, 3.8) is 0 Å². The van der Waals surface area contributed by atoms with Crippen LogP contribution in [0.3, 0.4) is 0 Å². The molecule has 0 heterocycles. The number of nitrogen functional groups attached to an aromatic ring is 1. The predicted octanol–water partition coefficient (Wildman–Crippen LogP) is 2.95. The first kappa shape index (κ1) is 15.0. The van der Waals surface area contributed by atoms with Crippen LogP contribution < -0.4 is 10.5 Å². The second-order valence-corrected chi connectivity index (χ2v) is 6.73. The molecule has 0 saturated heterocycles. The number of nitrogens with one attached hydrogen (secondary N) is 1. The molecule has 2 aromatic carbocycles. The average Bonchev–Trinajstić information content (AvgIpc) is 2.32. The summed E-state index contributed by atoms with van der Waals surface area (Å²) in [5, 5.41) is 0. The van der Waals surface area contributed by atoms with Gasteiger partial charge in [-0.3, -0.25) is 4.72 Å². The Kier molecular flexibility index (Phi) is 4.14. The molecule has 0 amide bonds. The molecule has 2 aromatic rings. The van der Waals surface area contributed by atoms with Crippen LogP contribution in [0.4, 0.5) is 20.2 Å². The second kappa shape index (κ2) is 5.52. The summed E-state index contributed by atoms with van der Waals surface area (Å²) in [6, 6.07) is 6.82. The van der Waals surface area contributed by atoms with Crippen molar-refractivity contribution >= 4 is 44.0 Å². The first-order valence-corrected chi connectivity index (χ1v) is 7.89. The fraction of sp³-hybridized carbons (Fsp3) is 0. The molecular weight excluding hydrogens is 401 g/mol. The van der Waals surface area contributed by atoms with Crippen LogP contribution in [-0.4, -0.2) is 8.42 Å². The zero-order valence-corrected chi connectivity index (χ0v) is 12.9. The first-order chi connectivity index (χ1) is 9.29. The lowest BCUT2D eigenvalue weighted by Gasteiger charge is -2.10. The van der Waals surface area contributed by atoms with Crippen LogP contribution in [0, 0.1) is 15.2 Å². The molecule has 0 aliphatic rings. The van der Waals surface area contributed by atoms with E-state index in [4.69, 9.17) is 5.73 Å². The van der Waals surface area contributed by atoms with Gasteiger partial charge in [0.2, 0.25) is 0 Å². The minimum Gasteiger partial charge on any atom is -0.399 e. The third kappa shape index (κ3) is 3.18. The molecular formula is C12H9F2IN2O2S. The number of sulfonamides is 1. The Labute approximate surface area is 128 Å². The minimum atomic E-state index is -4.10. The molecule has 106 valence electrons. The normalized spacial score (nSPS) is 11.3. The van der Waals surface area contributed by atoms with Gasteiger partial charge in [-0.05, 0) is 59.0 Å². The standard InChI is InChI=1S/C12H9F2IN2O2S/c13-7-1-3-11(10(15)5-7)17-20(18,19)12-4-2-8(16)6-9(12)14/h1-6,17H,16H2. The van der Waals surface area contributed by atoms with Gasteiger partial charge in [-0.15, -0.1) is 0 Å². The maximum absolute atomic E-state index is 13.7. The average molecular weight is 410 g/mol. The highest BCUT2D eigenvalue weighted by atomic mass is 127. The van der Waals surface area contributed by atoms with Gasteiger partial charge in [0.25, 0.3) is 10.0 Å². The molecule has 0 unspecified atom stereocenters. The molecule has 20 heavy (non-hydrogen) atoms. The monoisotopic (exact) mass is 410 g/mol. The van der Waals surface area contributed by atoms with Crippen molar-refractivity contribution < 1.29 is 17.2 Å². The van der Waals surface area contributed by atoms with E-state index in [0.29, 0.717) is 3.57 Å². The van der Waals surface area contributed by atoms with E-state index in [0.717, 1.165) is 24.3 Å². The Morgan fingerprint density at radius 3 is 2.40 bits per heavy atom. The van der Waals surface area contributed by atoms with E-state index in [-0.39, 0.29) is 11.4 Å². The van der Waals surface area contributed by atoms with Gasteiger partial charge in [-0.25, -0.2) is 17.2 Å². The van der Waals surface area contributed by atoms with Crippen LogP contribution in [0.25, 0.3) is 0 Å². The van der Waals surface area contributed by atoms with Gasteiger partial charge in [-0.2, -0.15) is 0 Å². The number of rotatable bonds is 3. The zero-order chi connectivity index (χ0) is 14.9. The first-order valence-electron chi connectivity index (χ1n) is 5.32. The summed E-state index contributed by atoms with van der Waals surface area (Å²) in [6.07, 6.45) is 0. The minimum absolute atomic E-state index is 0.123. The Balaban J connectivity index is 2.41. The van der Waals surface area contributed by atoms with Crippen LogP contribution in [0.2, 0.25) is 0 Å². The molecule has 0 aliphatic carbocycles. The smallest absolute Gasteiger partial charge is 0.264 e. The number of nitrogens with two attached hydrogens (primary N) is 1. The van der Waals surface area contributed by atoms with Gasteiger partial charge in [0.1, 0.15) is 16.5 Å². The molecule has 4 nitrogen and oxygen atoms in total. The van der Waals surface area contributed by atoms with Gasteiger partial charge in [-0.1, -0.05) is 0 Å². The molecule has 0 fully saturated rings. The van der Waals surface area contributed by atoms with Crippen molar-refractivity contribution in [2.24, 2.45) is 0 Å². The molecule has 0 radical (unpaired) electrons. The lowest BCUT2D eigenvalue weighted by molar-refractivity contribution is 0.570. The van der Waals surface area contributed by atoms with Crippen molar-refractivity contribution in [1.82, 2.24) is 0 Å². The number of hydrogen-bond donors (Lipinski definition) is 2. The Bertz CT molecular complexity index is 766. The largest absolute Gasteiger partial charge is 0.399 e. The molecule has 0 atom stereocenters. The fourth-order valence-corrected chi connectivity index (χ4v) is 3.44. The van der Waals surface area contributed by atoms with Gasteiger partial charge in [0.05, 0.1) is 5.69 Å². The molecule has 0 saturated carbocycles. The van der Waals surface area contributed by atoms with E-state index >= 15 is 0 Å². The lowest BCUT2D eigenvalue weighted by atomic mass is 10.3. The van der Waals surface area contributed by atoms with E-state index in [1.165, 1.54) is 12.1 Å². The number of halogens is 3. The Morgan fingerprint density at radius 2 is 1.80 bits per heavy atom. The van der Waals surface area contributed by atoms with E-state index in [9.17, 15) is 17.2 Å². The van der Waals surface area contributed by atoms with E-state index in [2.05, 4.69) is 4.72 Å². The highest BCUT2D eigenvalue weighted by Crippen LogP contribution is 2.24. The van der Waals surface area contributed by atoms with Crippen molar-refractivity contribution in [3.8, 4) is 0 Å². The van der Waals surface area contributed by atoms with Gasteiger partial charge in [0.15, 0.2) is 0 Å². The summed E-state index contributed by atoms with van der Waals surface area (Å²) in [7, 11) is -4.10. The summed E-state index contributed by atoms with van der Waals surface area (Å²) >= 11 is 1.78. The van der Waals surface area contributed by atoms with Crippen molar-refractivity contribution in [3.05, 3.63) is 51.6 Å². The number of benzene rings is 2. The highest BCUT2D eigenvalue weighted by Gasteiger charge is 2.20. The number of anilines is 2. The van der Waals surface area contributed by atoms with Gasteiger partial charge >= 0.3 is 0 Å². The molecule has 2 rings (SSSR count). The Hall–Kier alpha value is -1.42. The quantitative estimate of drug-likeness (QED) is 0.604. The van der Waals surface area contributed by atoms with Crippen molar-refractivity contribution in [2.75, 3.05) is 10.5 Å². The molecule has 0 aliphatic heterocycles. The SMILES string of the molecule is Nc1ccc(S(=O)(=O)Nc2ccc(F)cc2I)c(F)c1. The summed E-state index contributed by atoms with van der Waals surface area (Å²) < 4.78 is 53.3. The second-order valence-electron chi connectivity index (χ2n) is 3.92. The van der Waals surface area contributed by atoms with E-state index < -0.39 is 26.6 Å². The third-order valence-corrected chi connectivity index (χ3v) is 4.71. The van der Waals surface area contributed by atoms with E-state index in [1.807, 2.05) is 0 Å². The van der Waals surface area contributed by atoms with Gasteiger partial charge < -0.3 is 5.73 Å².